The summed E-state index contributed by atoms with van der Waals surface area (Å²) in [6.45, 7) is 4.55. The smallest absolute Gasteiger partial charge is 0.0886 e. The second-order valence-corrected chi connectivity index (χ2v) is 19.6. The molecule has 0 aliphatic heterocycles. The average molecular weight is 927 g/mol. The Bertz CT molecular complexity index is 3260. The van der Waals surface area contributed by atoms with Crippen LogP contribution in [0.3, 0.4) is 0 Å². The van der Waals surface area contributed by atoms with Crippen molar-refractivity contribution in [3.8, 4) is 22.3 Å². The molecule has 8 aromatic carbocycles. The van der Waals surface area contributed by atoms with Crippen molar-refractivity contribution in [1.82, 2.24) is 9.97 Å². The molecule has 0 amide bonds. The summed E-state index contributed by atoms with van der Waals surface area (Å²) < 4.78 is 0. The lowest BCUT2D eigenvalue weighted by molar-refractivity contribution is 0.734. The van der Waals surface area contributed by atoms with Gasteiger partial charge in [0.25, 0.3) is 0 Å². The quantitative estimate of drug-likeness (QED) is 0.102. The van der Waals surface area contributed by atoms with Crippen molar-refractivity contribution in [2.75, 3.05) is 0 Å². The van der Waals surface area contributed by atoms with Crippen LogP contribution < -0.4 is 0 Å². The number of hydrogen-bond donors (Lipinski definition) is 0. The van der Waals surface area contributed by atoms with Gasteiger partial charge in [-0.15, -0.1) is 0 Å². The highest BCUT2D eigenvalue weighted by atomic mass is 14.7. The molecule has 348 valence electrons. The van der Waals surface area contributed by atoms with Crippen LogP contribution in [0.5, 0.6) is 0 Å². The second kappa shape index (κ2) is 19.2. The van der Waals surface area contributed by atoms with E-state index >= 15 is 0 Å². The van der Waals surface area contributed by atoms with E-state index < -0.39 is 10.8 Å². The number of pyridine rings is 2. The van der Waals surface area contributed by atoms with Crippen molar-refractivity contribution in [3.63, 3.8) is 0 Å². The Kier molecular flexibility index (Phi) is 12.0. The molecule has 12 rings (SSSR count). The summed E-state index contributed by atoms with van der Waals surface area (Å²) >= 11 is 0. The first-order valence-electron chi connectivity index (χ1n) is 26.0. The predicted molar refractivity (Wildman–Crippen MR) is 298 cm³/mol. The third-order valence-electron chi connectivity index (χ3n) is 15.5. The number of unbranched alkanes of at least 4 members (excludes halogenated alkanes) is 2. The normalized spacial score (nSPS) is 13.4. The molecule has 72 heavy (non-hydrogen) atoms. The molecule has 0 saturated carbocycles. The zero-order valence-electron chi connectivity index (χ0n) is 41.2. The number of hydrogen-bond acceptors (Lipinski definition) is 2. The van der Waals surface area contributed by atoms with Crippen LogP contribution in [0.15, 0.2) is 243 Å². The lowest BCUT2D eigenvalue weighted by Gasteiger charge is -2.34. The lowest BCUT2D eigenvalue weighted by Crippen LogP contribution is -2.30. The minimum absolute atomic E-state index is 0.667. The predicted octanol–water partition coefficient (Wildman–Crippen LogP) is 16.9. The molecule has 2 heterocycles. The summed E-state index contributed by atoms with van der Waals surface area (Å²) in [5.74, 6) is 0. The molecule has 0 unspecified atom stereocenters. The highest BCUT2D eigenvalue weighted by Gasteiger charge is 2.49. The van der Waals surface area contributed by atoms with E-state index in [2.05, 4.69) is 232 Å². The Balaban J connectivity index is 1.17. The van der Waals surface area contributed by atoms with Crippen molar-refractivity contribution < 1.29 is 0 Å². The summed E-state index contributed by atoms with van der Waals surface area (Å²) in [5.41, 5.74) is 22.8. The largest absolute Gasteiger partial charge is 0.260 e. The number of aromatic nitrogens is 2. The van der Waals surface area contributed by atoms with E-state index in [9.17, 15) is 0 Å². The number of nitrogens with zero attached hydrogens (tertiary/aromatic N) is 2. The number of aryl methyl sites for hydroxylation is 2. The molecule has 0 radical (unpaired) electrons. The third kappa shape index (κ3) is 7.39. The van der Waals surface area contributed by atoms with E-state index in [4.69, 9.17) is 9.97 Å². The van der Waals surface area contributed by atoms with Gasteiger partial charge >= 0.3 is 0 Å². The first-order valence-corrected chi connectivity index (χ1v) is 26.0. The van der Waals surface area contributed by atoms with Crippen LogP contribution >= 0.6 is 0 Å². The molecule has 2 nitrogen and oxygen atoms in total. The highest BCUT2D eigenvalue weighted by Crippen LogP contribution is 2.58. The van der Waals surface area contributed by atoms with E-state index in [0.717, 1.165) is 48.2 Å². The topological polar surface area (TPSA) is 25.8 Å². The van der Waals surface area contributed by atoms with Gasteiger partial charge in [0, 0.05) is 12.4 Å². The Morgan fingerprint density at radius 2 is 0.681 bits per heavy atom. The van der Waals surface area contributed by atoms with Gasteiger partial charge in [-0.1, -0.05) is 221 Å². The Morgan fingerprint density at radius 3 is 1.03 bits per heavy atom. The van der Waals surface area contributed by atoms with Gasteiger partial charge in [0.2, 0.25) is 0 Å². The Labute approximate surface area is 425 Å². The van der Waals surface area contributed by atoms with Gasteiger partial charge in [0.1, 0.15) is 0 Å². The van der Waals surface area contributed by atoms with Crippen LogP contribution in [0.25, 0.3) is 33.4 Å². The monoisotopic (exact) mass is 926 g/mol. The number of rotatable bonds is 14. The van der Waals surface area contributed by atoms with Crippen molar-refractivity contribution in [2.45, 2.75) is 63.2 Å². The fourth-order valence-electron chi connectivity index (χ4n) is 12.3. The van der Waals surface area contributed by atoms with Crippen molar-refractivity contribution in [3.05, 3.63) is 321 Å². The standard InChI is InChI=1S/C70H58N2/c1-3-5-21-49-37-41-51(42-38-49)67(52-43-39-50(40-44-52)22-6-4-2)68(53-23-19-25-55(47-53)69(65-35-15-17-45-71-65)61-31-11-7-27-57(61)58-28-8-12-32-62(58)69)54-24-20-26-56(48-54)70(66-36-16-18-46-72-66)63-33-13-9-29-59(63)60-30-10-14-34-64(60)70/h7-20,23-48H,3-6,21-22H2,1-2H3. The van der Waals surface area contributed by atoms with Gasteiger partial charge in [-0.25, -0.2) is 0 Å². The molecule has 2 aliphatic carbocycles. The summed E-state index contributed by atoms with van der Waals surface area (Å²) in [4.78, 5) is 10.5. The van der Waals surface area contributed by atoms with Crippen molar-refractivity contribution >= 4 is 11.1 Å². The van der Waals surface area contributed by atoms with Gasteiger partial charge in [-0.2, -0.15) is 0 Å². The summed E-state index contributed by atoms with van der Waals surface area (Å²) in [6, 6.07) is 86.3. The molecular formula is C70H58N2. The first-order chi connectivity index (χ1) is 35.6. The zero-order valence-corrected chi connectivity index (χ0v) is 41.2. The average Bonchev–Trinajstić information content (AvgIpc) is 3.94. The molecule has 2 heteroatoms. The molecule has 10 aromatic rings. The van der Waals surface area contributed by atoms with Crippen LogP contribution in [-0.4, -0.2) is 9.97 Å². The van der Waals surface area contributed by atoms with Gasteiger partial charge in [0.15, 0.2) is 0 Å². The van der Waals surface area contributed by atoms with Crippen LogP contribution in [0, 0.1) is 0 Å². The fraction of sp³-hybridized carbons (Fsp3) is 0.143. The molecule has 0 saturated heterocycles. The molecule has 2 aromatic heterocycles. The maximum Gasteiger partial charge on any atom is 0.0886 e. The maximum absolute atomic E-state index is 5.24. The highest BCUT2D eigenvalue weighted by molar-refractivity contribution is 6.05. The minimum atomic E-state index is -0.667. The van der Waals surface area contributed by atoms with Gasteiger partial charge < -0.3 is 0 Å². The van der Waals surface area contributed by atoms with Gasteiger partial charge in [-0.3, -0.25) is 9.97 Å². The van der Waals surface area contributed by atoms with Crippen LogP contribution in [0.4, 0.5) is 0 Å². The third-order valence-corrected chi connectivity index (χ3v) is 15.5. The van der Waals surface area contributed by atoms with Crippen LogP contribution in [0.1, 0.15) is 118 Å². The summed E-state index contributed by atoms with van der Waals surface area (Å²) in [7, 11) is 0. The van der Waals surface area contributed by atoms with E-state index in [0.29, 0.717) is 0 Å². The molecule has 0 fully saturated rings. The molecule has 0 N–H and O–H groups in total. The lowest BCUT2D eigenvalue weighted by atomic mass is 9.68. The molecule has 2 aliphatic rings. The Hall–Kier alpha value is -8.20. The van der Waals surface area contributed by atoms with E-state index in [1.54, 1.807) is 0 Å². The zero-order chi connectivity index (χ0) is 48.5. The fourth-order valence-corrected chi connectivity index (χ4v) is 12.3. The molecule has 0 spiro atoms. The second-order valence-electron chi connectivity index (χ2n) is 19.6. The minimum Gasteiger partial charge on any atom is -0.260 e. The van der Waals surface area contributed by atoms with E-state index in [1.165, 1.54) is 102 Å². The molecular weight excluding hydrogens is 869 g/mol. The van der Waals surface area contributed by atoms with E-state index in [-0.39, 0.29) is 0 Å². The van der Waals surface area contributed by atoms with E-state index in [1.807, 2.05) is 24.5 Å². The molecule has 0 bridgehead atoms. The Morgan fingerprint density at radius 1 is 0.333 bits per heavy atom. The maximum atomic E-state index is 5.24. The van der Waals surface area contributed by atoms with Crippen LogP contribution in [-0.2, 0) is 23.7 Å². The number of fused-ring (bicyclic) bond motifs is 6. The SMILES string of the molecule is CCCCc1ccc(C(=C(c2cccc(C3(c4ccccn4)c4ccccc4-c4ccccc43)c2)c2cccc(C3(c4ccccn4)c4ccccc4-c4ccccc43)c2)c2ccc(CCCC)cc2)cc1. The number of benzene rings is 8. The summed E-state index contributed by atoms with van der Waals surface area (Å²) in [6.07, 6.45) is 10.7. The molecule has 0 atom stereocenters. The van der Waals surface area contributed by atoms with Crippen LogP contribution in [0.2, 0.25) is 0 Å². The first kappa shape index (κ1) is 45.0. The van der Waals surface area contributed by atoms with Crippen molar-refractivity contribution in [1.29, 1.82) is 0 Å². The van der Waals surface area contributed by atoms with Crippen molar-refractivity contribution in [2.24, 2.45) is 0 Å². The van der Waals surface area contributed by atoms with Gasteiger partial charge in [0.05, 0.1) is 22.2 Å². The van der Waals surface area contributed by atoms with Gasteiger partial charge in [-0.05, 0) is 162 Å². The summed E-state index contributed by atoms with van der Waals surface area (Å²) in [5, 5.41) is 0.